The predicted molar refractivity (Wildman–Crippen MR) is 300 cm³/mol. The monoisotopic (exact) mass is 1530 g/mol. The summed E-state index contributed by atoms with van der Waals surface area (Å²) in [6.45, 7) is 0. The molecule has 104 heavy (non-hydrogen) atoms. The fourth-order valence-electron chi connectivity index (χ4n) is 11.9. The Morgan fingerprint density at radius 1 is 0.202 bits per heavy atom. The van der Waals surface area contributed by atoms with Crippen LogP contribution in [0.2, 0.25) is 0 Å². The number of esters is 2. The van der Waals surface area contributed by atoms with Crippen molar-refractivity contribution in [3.05, 3.63) is 0 Å². The van der Waals surface area contributed by atoms with Crippen LogP contribution in [0.3, 0.4) is 0 Å². The Kier molecular flexibility index (Phi) is 29.7. The van der Waals surface area contributed by atoms with Crippen molar-refractivity contribution in [2.75, 3.05) is 42.7 Å². The van der Waals surface area contributed by atoms with E-state index < -0.39 is 293 Å². The Labute approximate surface area is 580 Å². The molecule has 40 atom stereocenters. The number of aliphatic hydroxyl groups is 16. The number of rotatable bonds is 24. The second kappa shape index (κ2) is 36.1. The summed E-state index contributed by atoms with van der Waals surface area (Å²) in [5.74, 6) is -13.3. The molecular formula is C54H80O50. The smallest absolute Gasteiger partial charge is 0.337 e. The molecule has 0 radical (unpaired) electrons. The number of aliphatic carboxylic acids is 6. The van der Waals surface area contributed by atoms with Crippen molar-refractivity contribution in [2.24, 2.45) is 0 Å². The Hall–Kier alpha value is -5.60. The molecule has 0 amide bonds. The van der Waals surface area contributed by atoms with Crippen LogP contribution in [0.25, 0.3) is 0 Å². The van der Waals surface area contributed by atoms with Crippen LogP contribution in [0.1, 0.15) is 0 Å². The standard InChI is InChI=1S/C28H42O25.C26H38O25/c1-43-13-5(29)10(34)26(51-17(13)21(37)38)48-15-8(32)12(36)28(53-19(15)23(41)44-2)49-16-7(31)11(35)27(52-20(16)24(42)45-3)47-14-6(30)9(33)25(46-4)50-18(14)22(39)40;1-43-11-3(27)8(32)24(49-15(11)19(35)36)46-13-5(29)10(34)26(51-17(13)21(39)40)47-14-6(30)9(33)25(50-18(14)22(41)42)45-12-4(28)7(31)23(44-2)48-16(12)20(37)38/h5-20,25-36H,1-4H3,(H,37,38)(H,39,40);3-18,23-34H,1-2H3,(H,35,36)(H,37,38)(H,39,40)(H,41,42)/t5-,6?,7-,8?,9?,10?,11?,12?,13+,14+,15+,16+,17?,18+,19+,20?,25-,26+,27+,28-;3-,4?,5?,6-,7?,8?,9?,10?,11+,12+,13+,14+,15?,16+,17+,18?,23-,24+,25+,26-/m00/s1. The first-order valence-electron chi connectivity index (χ1n) is 30.5. The van der Waals surface area contributed by atoms with E-state index in [4.69, 9.17) is 85.3 Å². The van der Waals surface area contributed by atoms with E-state index in [9.17, 15) is 151 Å². The third-order valence-electron chi connectivity index (χ3n) is 17.4. The fourth-order valence-corrected chi connectivity index (χ4v) is 11.9. The molecule has 16 unspecified atom stereocenters. The van der Waals surface area contributed by atoms with E-state index in [0.717, 1.165) is 42.7 Å². The molecule has 8 rings (SSSR count). The lowest BCUT2D eigenvalue weighted by Gasteiger charge is -2.48. The van der Waals surface area contributed by atoms with Gasteiger partial charge in [-0.2, -0.15) is 0 Å². The molecule has 22 N–H and O–H groups in total. The summed E-state index contributed by atoms with van der Waals surface area (Å²) >= 11 is 0. The minimum atomic E-state index is -2.40. The maximum absolute atomic E-state index is 12.8. The number of aliphatic hydroxyl groups excluding tert-OH is 16. The Morgan fingerprint density at radius 2 is 0.346 bits per heavy atom. The largest absolute Gasteiger partial charge is 0.479 e. The van der Waals surface area contributed by atoms with Crippen molar-refractivity contribution in [1.82, 2.24) is 0 Å². The third kappa shape index (κ3) is 17.7. The summed E-state index contributed by atoms with van der Waals surface area (Å²) in [6, 6.07) is 0. The van der Waals surface area contributed by atoms with Crippen LogP contribution < -0.4 is 0 Å². The van der Waals surface area contributed by atoms with E-state index >= 15 is 0 Å². The zero-order valence-electron chi connectivity index (χ0n) is 54.4. The highest BCUT2D eigenvalue weighted by atomic mass is 16.8. The van der Waals surface area contributed by atoms with Gasteiger partial charge in [-0.25, -0.2) is 38.4 Å². The maximum atomic E-state index is 12.8. The number of carboxylic acids is 6. The van der Waals surface area contributed by atoms with Crippen LogP contribution in [0.4, 0.5) is 0 Å². The number of carbonyl (C=O) groups excluding carboxylic acids is 2. The van der Waals surface area contributed by atoms with Gasteiger partial charge in [-0.1, -0.05) is 0 Å². The first kappa shape index (κ1) is 85.6. The minimum absolute atomic E-state index is 0.865. The molecule has 50 heteroatoms. The Morgan fingerprint density at radius 3 is 0.510 bits per heavy atom. The van der Waals surface area contributed by atoms with E-state index in [1.807, 2.05) is 0 Å². The lowest BCUT2D eigenvalue weighted by Crippen LogP contribution is -2.68. The molecule has 0 spiro atoms. The van der Waals surface area contributed by atoms with Crippen LogP contribution in [0, 0.1) is 0 Å². The zero-order chi connectivity index (χ0) is 77.9. The number of carbonyl (C=O) groups is 8. The van der Waals surface area contributed by atoms with Crippen LogP contribution in [-0.4, -0.2) is 448 Å². The topological polar surface area (TPSA) is 766 Å². The molecule has 50 nitrogen and oxygen atoms in total. The lowest BCUT2D eigenvalue weighted by atomic mass is 9.95. The normalized spacial score (nSPS) is 47.0. The Balaban J connectivity index is 0.000000291. The molecule has 0 saturated carbocycles. The van der Waals surface area contributed by atoms with Crippen molar-refractivity contribution in [2.45, 2.75) is 246 Å². The summed E-state index contributed by atoms with van der Waals surface area (Å²) in [6.07, 6.45) is -84.1. The molecule has 8 fully saturated rings. The summed E-state index contributed by atoms with van der Waals surface area (Å²) in [4.78, 5) is 97.0. The van der Waals surface area contributed by atoms with E-state index in [-0.39, 0.29) is 0 Å². The van der Waals surface area contributed by atoms with Gasteiger partial charge in [0.2, 0.25) is 0 Å². The van der Waals surface area contributed by atoms with Gasteiger partial charge in [0.15, 0.2) is 99.2 Å². The quantitative estimate of drug-likeness (QED) is 0.0399. The van der Waals surface area contributed by atoms with Crippen molar-refractivity contribution >= 4 is 47.8 Å². The minimum Gasteiger partial charge on any atom is -0.479 e. The molecule has 0 bridgehead atoms. The van der Waals surface area contributed by atoms with Gasteiger partial charge in [-0.15, -0.1) is 0 Å². The highest BCUT2D eigenvalue weighted by Crippen LogP contribution is 2.39. The third-order valence-corrected chi connectivity index (χ3v) is 17.4. The second-order valence-electron chi connectivity index (χ2n) is 23.8. The predicted octanol–water partition coefficient (Wildman–Crippen LogP) is -16.0. The average molecular weight is 1530 g/mol. The summed E-state index contributed by atoms with van der Waals surface area (Å²) in [5, 5.41) is 229. The SMILES string of the molecule is COC(=O)C1O[C@@H](O[C@@H]2C(O)C(O)[C@@H](OC)O[C@H]2C(=O)O)C(O)[C@H](O)[C@H]1O[C@H]1O[C@@H](C(=O)OC)[C@H](O[C@@H]2OC(C(=O)O)[C@H](OC)[C@@H](O)C2O)C(O)C1O.CO[C@H]1O[C@@H](C(=O)O)[C@H](O[C@@H]2OC(C(=O)O)[C@H](O[C@H]3O[C@@H](C(=O)O)[C@H](O[C@@H]4OC(C(=O)O)[C@H](OC)[C@@H](O)C4O)C(O)C3O)[C@@H](O)C2O)C(O)C1O. The summed E-state index contributed by atoms with van der Waals surface area (Å²) in [7, 11) is 5.84. The van der Waals surface area contributed by atoms with Gasteiger partial charge in [-0.3, -0.25) is 0 Å². The second-order valence-corrected chi connectivity index (χ2v) is 23.8. The molecular weight excluding hydrogens is 1450 g/mol. The van der Waals surface area contributed by atoms with Crippen molar-refractivity contribution < 1.29 is 245 Å². The number of carboxylic acid groups (broad SMARTS) is 6. The van der Waals surface area contributed by atoms with E-state index in [1.54, 1.807) is 0 Å². The maximum Gasteiger partial charge on any atom is 0.337 e. The molecule has 0 aliphatic carbocycles. The molecule has 8 saturated heterocycles. The molecule has 0 aromatic rings. The molecule has 0 aromatic carbocycles. The van der Waals surface area contributed by atoms with Crippen molar-refractivity contribution in [1.29, 1.82) is 0 Å². The van der Waals surface area contributed by atoms with Gasteiger partial charge in [-0.05, 0) is 0 Å². The molecule has 8 heterocycles. The molecule has 596 valence electrons. The number of methoxy groups -OCH3 is 6. The van der Waals surface area contributed by atoms with Gasteiger partial charge in [0.25, 0.3) is 0 Å². The zero-order valence-corrected chi connectivity index (χ0v) is 54.4. The highest BCUT2D eigenvalue weighted by molar-refractivity contribution is 5.77. The van der Waals surface area contributed by atoms with E-state index in [1.165, 1.54) is 0 Å². The number of ether oxygens (including phenoxy) is 20. The van der Waals surface area contributed by atoms with Gasteiger partial charge in [0.05, 0.1) is 14.2 Å². The van der Waals surface area contributed by atoms with Crippen molar-refractivity contribution in [3.8, 4) is 0 Å². The Bertz CT molecular complexity index is 2910. The fraction of sp³-hybridized carbons (Fsp3) is 0.852. The highest BCUT2D eigenvalue weighted by Gasteiger charge is 2.62. The van der Waals surface area contributed by atoms with Gasteiger partial charge < -0.3 is 207 Å². The number of hydrogen-bond donors (Lipinski definition) is 22. The first-order chi connectivity index (χ1) is 48.8. The summed E-state index contributed by atoms with van der Waals surface area (Å²) in [5.41, 5.74) is 0. The number of hydrogen-bond acceptors (Lipinski definition) is 44. The van der Waals surface area contributed by atoms with Gasteiger partial charge in [0, 0.05) is 28.4 Å². The van der Waals surface area contributed by atoms with E-state index in [2.05, 4.69) is 9.47 Å². The molecule has 8 aliphatic rings. The van der Waals surface area contributed by atoms with Gasteiger partial charge in [0.1, 0.15) is 146 Å². The van der Waals surface area contributed by atoms with Crippen LogP contribution in [0.5, 0.6) is 0 Å². The van der Waals surface area contributed by atoms with Gasteiger partial charge >= 0.3 is 47.8 Å². The first-order valence-corrected chi connectivity index (χ1v) is 30.5. The average Bonchev–Trinajstić information content (AvgIpc) is 0.769. The van der Waals surface area contributed by atoms with Crippen LogP contribution in [0.15, 0.2) is 0 Å². The lowest BCUT2D eigenvalue weighted by molar-refractivity contribution is -0.379. The molecule has 8 aliphatic heterocycles. The van der Waals surface area contributed by atoms with Crippen LogP contribution >= 0.6 is 0 Å². The molecule has 0 aromatic heterocycles. The summed E-state index contributed by atoms with van der Waals surface area (Å²) < 4.78 is 103. The van der Waals surface area contributed by atoms with Crippen molar-refractivity contribution in [3.63, 3.8) is 0 Å². The van der Waals surface area contributed by atoms with E-state index in [0.29, 0.717) is 0 Å². The van der Waals surface area contributed by atoms with Crippen LogP contribution in [-0.2, 0) is 133 Å².